The average Bonchev–Trinajstić information content (AvgIpc) is 2.84. The first-order valence-corrected chi connectivity index (χ1v) is 7.31. The first-order valence-electron chi connectivity index (χ1n) is 7.31. The molecule has 0 spiro atoms. The van der Waals surface area contributed by atoms with Crippen LogP contribution in [0.2, 0.25) is 0 Å². The molecule has 0 aromatic heterocycles. The summed E-state index contributed by atoms with van der Waals surface area (Å²) in [7, 11) is 2.10. The Morgan fingerprint density at radius 2 is 2.24 bits per heavy atom. The molecule has 2 rings (SSSR count). The van der Waals surface area contributed by atoms with Crippen molar-refractivity contribution in [3.63, 3.8) is 0 Å². The fraction of sp³-hybridized carbons (Fsp3) is 0.867. The van der Waals surface area contributed by atoms with Gasteiger partial charge in [0.2, 0.25) is 0 Å². The second-order valence-corrected chi connectivity index (χ2v) is 5.82. The van der Waals surface area contributed by atoms with Crippen molar-refractivity contribution in [1.29, 1.82) is 0 Å². The van der Waals surface area contributed by atoms with Crippen LogP contribution in [0.5, 0.6) is 0 Å². The van der Waals surface area contributed by atoms with Gasteiger partial charge in [-0.1, -0.05) is 18.6 Å². The summed E-state index contributed by atoms with van der Waals surface area (Å²) in [5.74, 6) is 0.770. The van der Waals surface area contributed by atoms with Crippen LogP contribution in [0.4, 0.5) is 0 Å². The predicted octanol–water partition coefficient (Wildman–Crippen LogP) is 2.81. The van der Waals surface area contributed by atoms with E-state index in [1.54, 1.807) is 5.57 Å². The highest BCUT2D eigenvalue weighted by molar-refractivity contribution is 5.07. The van der Waals surface area contributed by atoms with E-state index in [1.165, 1.54) is 45.2 Å². The van der Waals surface area contributed by atoms with E-state index in [0.717, 1.165) is 12.0 Å². The Morgan fingerprint density at radius 1 is 1.41 bits per heavy atom. The fourth-order valence-electron chi connectivity index (χ4n) is 3.41. The molecule has 3 atom stereocenters. The number of piperidine rings is 1. The molecule has 0 aromatic carbocycles. The van der Waals surface area contributed by atoms with Crippen molar-refractivity contribution in [2.45, 2.75) is 58.0 Å². The van der Waals surface area contributed by atoms with E-state index in [1.807, 2.05) is 0 Å². The highest BCUT2D eigenvalue weighted by atomic mass is 15.2. The van der Waals surface area contributed by atoms with Crippen molar-refractivity contribution in [2.24, 2.45) is 5.92 Å². The molecule has 0 amide bonds. The van der Waals surface area contributed by atoms with Gasteiger partial charge in [0.1, 0.15) is 0 Å². The molecular weight excluding hydrogens is 208 g/mol. The molecule has 1 aliphatic heterocycles. The number of hydrogen-bond donors (Lipinski definition) is 1. The SMILES string of the molecule is CNC1CCN(CCC2=CCCC2)C(C)C1C. The molecule has 1 fully saturated rings. The van der Waals surface area contributed by atoms with Crippen LogP contribution < -0.4 is 5.32 Å². The normalized spacial score (nSPS) is 35.0. The minimum Gasteiger partial charge on any atom is -0.317 e. The van der Waals surface area contributed by atoms with Crippen molar-refractivity contribution in [1.82, 2.24) is 10.2 Å². The lowest BCUT2D eigenvalue weighted by Crippen LogP contribution is -2.52. The monoisotopic (exact) mass is 236 g/mol. The van der Waals surface area contributed by atoms with Crippen molar-refractivity contribution in [3.8, 4) is 0 Å². The Hall–Kier alpha value is -0.340. The number of hydrogen-bond acceptors (Lipinski definition) is 2. The maximum atomic E-state index is 3.46. The first-order chi connectivity index (χ1) is 8.22. The number of allylic oxidation sites excluding steroid dienone is 1. The minimum atomic E-state index is 0.715. The van der Waals surface area contributed by atoms with Gasteiger partial charge in [0.25, 0.3) is 0 Å². The van der Waals surface area contributed by atoms with Crippen molar-refractivity contribution in [3.05, 3.63) is 11.6 Å². The van der Waals surface area contributed by atoms with E-state index in [-0.39, 0.29) is 0 Å². The van der Waals surface area contributed by atoms with Crippen LogP contribution in [0.3, 0.4) is 0 Å². The Morgan fingerprint density at radius 3 is 2.88 bits per heavy atom. The maximum Gasteiger partial charge on any atom is 0.0117 e. The van der Waals surface area contributed by atoms with Crippen molar-refractivity contribution < 1.29 is 0 Å². The molecule has 17 heavy (non-hydrogen) atoms. The number of nitrogens with one attached hydrogen (secondary N) is 1. The molecule has 2 nitrogen and oxygen atoms in total. The zero-order valence-electron chi connectivity index (χ0n) is 11.7. The van der Waals surface area contributed by atoms with Gasteiger partial charge in [-0.3, -0.25) is 4.90 Å². The molecule has 0 aromatic rings. The lowest BCUT2D eigenvalue weighted by molar-refractivity contribution is 0.0888. The summed E-state index contributed by atoms with van der Waals surface area (Å²) in [5, 5.41) is 3.46. The fourth-order valence-corrected chi connectivity index (χ4v) is 3.41. The zero-order chi connectivity index (χ0) is 12.3. The predicted molar refractivity (Wildman–Crippen MR) is 74.2 cm³/mol. The molecule has 0 radical (unpaired) electrons. The van der Waals surface area contributed by atoms with E-state index in [9.17, 15) is 0 Å². The smallest absolute Gasteiger partial charge is 0.0117 e. The third-order valence-electron chi connectivity index (χ3n) is 4.92. The lowest BCUT2D eigenvalue weighted by atomic mass is 9.87. The summed E-state index contributed by atoms with van der Waals surface area (Å²) in [6, 6.07) is 1.44. The summed E-state index contributed by atoms with van der Waals surface area (Å²) in [4.78, 5) is 2.69. The van der Waals surface area contributed by atoms with Gasteiger partial charge < -0.3 is 5.32 Å². The third kappa shape index (κ3) is 3.11. The van der Waals surface area contributed by atoms with Crippen LogP contribution in [-0.2, 0) is 0 Å². The molecule has 0 saturated carbocycles. The van der Waals surface area contributed by atoms with Gasteiger partial charge in [-0.05, 0) is 58.5 Å². The molecule has 1 saturated heterocycles. The molecule has 1 aliphatic carbocycles. The number of rotatable bonds is 4. The van der Waals surface area contributed by atoms with Crippen LogP contribution in [0, 0.1) is 5.92 Å². The summed E-state index contributed by atoms with van der Waals surface area (Å²) in [5.41, 5.74) is 1.71. The topological polar surface area (TPSA) is 15.3 Å². The standard InChI is InChI=1S/C15H28N2/c1-12-13(2)17(11-9-15(12)16-3)10-8-14-6-4-5-7-14/h6,12-13,15-16H,4-5,7-11H2,1-3H3. The Kier molecular flexibility index (Phi) is 4.63. The highest BCUT2D eigenvalue weighted by Crippen LogP contribution is 2.26. The van der Waals surface area contributed by atoms with Crippen molar-refractivity contribution in [2.75, 3.05) is 20.1 Å². The Bertz CT molecular complexity index is 272. The van der Waals surface area contributed by atoms with Crippen LogP contribution in [0.15, 0.2) is 11.6 Å². The van der Waals surface area contributed by atoms with E-state index in [4.69, 9.17) is 0 Å². The van der Waals surface area contributed by atoms with Gasteiger partial charge in [0.05, 0.1) is 0 Å². The molecule has 98 valence electrons. The Labute approximate surface area is 106 Å². The molecule has 1 N–H and O–H groups in total. The van der Waals surface area contributed by atoms with Gasteiger partial charge in [-0.15, -0.1) is 0 Å². The summed E-state index contributed by atoms with van der Waals surface area (Å²) in [6.07, 6.45) is 9.15. The quantitative estimate of drug-likeness (QED) is 0.755. The van der Waals surface area contributed by atoms with E-state index in [2.05, 4.69) is 37.2 Å². The summed E-state index contributed by atoms with van der Waals surface area (Å²) in [6.45, 7) is 7.34. The van der Waals surface area contributed by atoms with E-state index in [0.29, 0.717) is 6.04 Å². The molecule has 2 aliphatic rings. The summed E-state index contributed by atoms with van der Waals surface area (Å²) >= 11 is 0. The molecule has 1 heterocycles. The lowest BCUT2D eigenvalue weighted by Gasteiger charge is -2.42. The molecule has 3 unspecified atom stereocenters. The summed E-state index contributed by atoms with van der Waals surface area (Å²) < 4.78 is 0. The number of likely N-dealkylation sites (tertiary alicyclic amines) is 1. The third-order valence-corrected chi connectivity index (χ3v) is 4.92. The zero-order valence-corrected chi connectivity index (χ0v) is 11.7. The minimum absolute atomic E-state index is 0.715. The molecule has 2 heteroatoms. The van der Waals surface area contributed by atoms with Crippen LogP contribution >= 0.6 is 0 Å². The second kappa shape index (κ2) is 6.01. The maximum absolute atomic E-state index is 3.46. The van der Waals surface area contributed by atoms with Crippen LogP contribution in [0.1, 0.15) is 46.0 Å². The van der Waals surface area contributed by atoms with E-state index < -0.39 is 0 Å². The molecule has 0 bridgehead atoms. The largest absolute Gasteiger partial charge is 0.317 e. The van der Waals surface area contributed by atoms with Crippen LogP contribution in [-0.4, -0.2) is 37.1 Å². The van der Waals surface area contributed by atoms with E-state index >= 15 is 0 Å². The Balaban J connectivity index is 1.81. The van der Waals surface area contributed by atoms with Gasteiger partial charge in [-0.25, -0.2) is 0 Å². The van der Waals surface area contributed by atoms with Gasteiger partial charge in [-0.2, -0.15) is 0 Å². The second-order valence-electron chi connectivity index (χ2n) is 5.82. The van der Waals surface area contributed by atoms with Crippen LogP contribution in [0.25, 0.3) is 0 Å². The average molecular weight is 236 g/mol. The first kappa shape index (κ1) is 13.1. The van der Waals surface area contributed by atoms with Crippen molar-refractivity contribution >= 4 is 0 Å². The number of nitrogens with zero attached hydrogens (tertiary/aromatic N) is 1. The van der Waals surface area contributed by atoms with Gasteiger partial charge in [0.15, 0.2) is 0 Å². The van der Waals surface area contributed by atoms with Gasteiger partial charge in [0, 0.05) is 18.6 Å². The molecular formula is C15H28N2. The highest BCUT2D eigenvalue weighted by Gasteiger charge is 2.31. The van der Waals surface area contributed by atoms with Gasteiger partial charge >= 0.3 is 0 Å².